The molecule has 0 spiro atoms. The monoisotopic (exact) mass is 481 g/mol. The highest BCUT2D eigenvalue weighted by Gasteiger charge is 2.50. The van der Waals surface area contributed by atoms with Crippen molar-refractivity contribution in [3.63, 3.8) is 0 Å². The minimum absolute atomic E-state index is 0.0591. The van der Waals surface area contributed by atoms with E-state index in [1.165, 1.54) is 13.5 Å². The zero-order chi connectivity index (χ0) is 24.6. The van der Waals surface area contributed by atoms with E-state index in [-0.39, 0.29) is 31.4 Å². The van der Waals surface area contributed by atoms with Gasteiger partial charge in [0.25, 0.3) is 0 Å². The summed E-state index contributed by atoms with van der Waals surface area (Å²) >= 11 is 0. The molecule has 1 aromatic heterocycles. The molecule has 4 fully saturated rings. The molecule has 4 bridgehead atoms. The lowest BCUT2D eigenvalue weighted by molar-refractivity contribution is -0.140. The van der Waals surface area contributed by atoms with Gasteiger partial charge in [-0.3, -0.25) is 9.59 Å². The number of rotatable bonds is 8. The van der Waals surface area contributed by atoms with Gasteiger partial charge in [0, 0.05) is 30.1 Å². The molecule has 1 heterocycles. The van der Waals surface area contributed by atoms with Gasteiger partial charge in [-0.2, -0.15) is 0 Å². The lowest BCUT2D eigenvalue weighted by atomic mass is 9.55. The Morgan fingerprint density at radius 3 is 2.43 bits per heavy atom. The van der Waals surface area contributed by atoms with Gasteiger partial charge in [0.15, 0.2) is 0 Å². The van der Waals surface area contributed by atoms with E-state index in [4.69, 9.17) is 4.74 Å². The second-order valence-corrected chi connectivity index (χ2v) is 10.9. The molecule has 35 heavy (non-hydrogen) atoms. The van der Waals surface area contributed by atoms with Crippen LogP contribution in [0.1, 0.15) is 51.0 Å². The zero-order valence-corrected chi connectivity index (χ0v) is 20.5. The minimum Gasteiger partial charge on any atom is -0.469 e. The molecule has 8 heteroatoms. The van der Waals surface area contributed by atoms with Crippen molar-refractivity contribution in [3.8, 4) is 0 Å². The van der Waals surface area contributed by atoms with Gasteiger partial charge in [0.05, 0.1) is 13.5 Å². The molecule has 4 aliphatic carbocycles. The fourth-order valence-corrected chi connectivity index (χ4v) is 6.86. The van der Waals surface area contributed by atoms with Crippen LogP contribution < -0.4 is 10.6 Å². The van der Waals surface area contributed by atoms with Crippen molar-refractivity contribution in [2.45, 2.75) is 63.5 Å². The van der Waals surface area contributed by atoms with Crippen LogP contribution in [-0.4, -0.2) is 48.3 Å². The molecule has 0 radical (unpaired) electrons. The highest BCUT2D eigenvalue weighted by molar-refractivity contribution is 5.91. The standard InChI is InChI=1S/C27H35N3O5/c1-27(25(32)28-8-7-23(31)34-2,14-20-15-29-22-6-4-3-5-21(20)22)30-26(33)35-24-18-10-16-9-17(12-18)13-19(24)11-16/h3-6,15-19,24,29H,7-14H2,1-2H3,(H,28,32)(H,30,33)/t16?,17?,18?,19?,24?,27-/m1/s1. The number of methoxy groups -OCH3 is 1. The SMILES string of the molecule is COC(=O)CCNC(=O)[C@@](C)(Cc1c[nH]c2ccccc12)NC(=O)OC1C2CC3CC(C2)CC1C3. The Hall–Kier alpha value is -3.03. The maximum atomic E-state index is 13.3. The molecule has 6 rings (SSSR count). The largest absolute Gasteiger partial charge is 0.469 e. The van der Waals surface area contributed by atoms with Crippen LogP contribution in [-0.2, 0) is 25.5 Å². The molecule has 0 saturated heterocycles. The third kappa shape index (κ3) is 4.88. The van der Waals surface area contributed by atoms with E-state index in [0.717, 1.165) is 54.0 Å². The Balaban J connectivity index is 1.30. The molecule has 3 N–H and O–H groups in total. The molecular weight excluding hydrogens is 446 g/mol. The third-order valence-electron chi connectivity index (χ3n) is 8.32. The summed E-state index contributed by atoms with van der Waals surface area (Å²) in [5.41, 5.74) is 0.623. The van der Waals surface area contributed by atoms with Crippen LogP contribution in [0.5, 0.6) is 0 Å². The topological polar surface area (TPSA) is 110 Å². The van der Waals surface area contributed by atoms with Gasteiger partial charge in [-0.1, -0.05) is 18.2 Å². The molecular formula is C27H35N3O5. The van der Waals surface area contributed by atoms with Crippen LogP contribution in [0, 0.1) is 23.7 Å². The van der Waals surface area contributed by atoms with Crippen molar-refractivity contribution in [2.75, 3.05) is 13.7 Å². The number of aromatic nitrogens is 1. The highest BCUT2D eigenvalue weighted by Crippen LogP contribution is 2.54. The van der Waals surface area contributed by atoms with Crippen molar-refractivity contribution < 1.29 is 23.9 Å². The Kier molecular flexibility index (Phi) is 6.47. The number of H-pyrrole nitrogens is 1. The van der Waals surface area contributed by atoms with E-state index in [1.807, 2.05) is 30.5 Å². The molecule has 1 atom stereocenters. The quantitative estimate of drug-likeness (QED) is 0.498. The molecule has 188 valence electrons. The maximum Gasteiger partial charge on any atom is 0.408 e. The summed E-state index contributed by atoms with van der Waals surface area (Å²) in [7, 11) is 1.31. The second kappa shape index (κ2) is 9.55. The summed E-state index contributed by atoms with van der Waals surface area (Å²) < 4.78 is 10.7. The number of alkyl carbamates (subject to hydrolysis) is 1. The molecule has 8 nitrogen and oxygen atoms in total. The van der Waals surface area contributed by atoms with Crippen LogP contribution in [0.15, 0.2) is 30.5 Å². The van der Waals surface area contributed by atoms with Gasteiger partial charge in [-0.15, -0.1) is 0 Å². The minimum atomic E-state index is -1.26. The molecule has 1 aromatic carbocycles. The Bertz CT molecular complexity index is 1080. The van der Waals surface area contributed by atoms with Crippen molar-refractivity contribution >= 4 is 28.9 Å². The number of aromatic amines is 1. The van der Waals surface area contributed by atoms with Crippen molar-refractivity contribution in [2.24, 2.45) is 23.7 Å². The fourth-order valence-electron chi connectivity index (χ4n) is 6.86. The van der Waals surface area contributed by atoms with E-state index < -0.39 is 17.6 Å². The summed E-state index contributed by atoms with van der Waals surface area (Å²) in [6, 6.07) is 7.85. The van der Waals surface area contributed by atoms with Gasteiger partial charge in [0.2, 0.25) is 5.91 Å². The fraction of sp³-hybridized carbons (Fsp3) is 0.593. The molecule has 0 unspecified atom stereocenters. The number of fused-ring (bicyclic) bond motifs is 1. The van der Waals surface area contributed by atoms with Crippen LogP contribution in [0.2, 0.25) is 0 Å². The smallest absolute Gasteiger partial charge is 0.408 e. The summed E-state index contributed by atoms with van der Waals surface area (Å²) in [6.45, 7) is 1.83. The van der Waals surface area contributed by atoms with Gasteiger partial charge in [-0.05, 0) is 74.3 Å². The Labute approximate surface area is 205 Å². The second-order valence-electron chi connectivity index (χ2n) is 10.9. The number of benzene rings is 1. The first-order valence-electron chi connectivity index (χ1n) is 12.7. The van der Waals surface area contributed by atoms with Crippen molar-refractivity contribution in [1.29, 1.82) is 0 Å². The predicted octanol–water partition coefficient (Wildman–Crippen LogP) is 3.70. The average Bonchev–Trinajstić information content (AvgIpc) is 3.23. The Morgan fingerprint density at radius 2 is 1.74 bits per heavy atom. The number of carbonyl (C=O) groups excluding carboxylic acids is 3. The van der Waals surface area contributed by atoms with E-state index in [0.29, 0.717) is 11.8 Å². The number of nitrogens with one attached hydrogen (secondary N) is 3. The first-order chi connectivity index (χ1) is 16.8. The third-order valence-corrected chi connectivity index (χ3v) is 8.32. The van der Waals surface area contributed by atoms with Crippen LogP contribution >= 0.6 is 0 Å². The number of para-hydroxylation sites is 1. The predicted molar refractivity (Wildman–Crippen MR) is 131 cm³/mol. The Morgan fingerprint density at radius 1 is 1.06 bits per heavy atom. The van der Waals surface area contributed by atoms with Gasteiger partial charge < -0.3 is 25.1 Å². The first kappa shape index (κ1) is 23.7. The summed E-state index contributed by atoms with van der Waals surface area (Å²) in [4.78, 5) is 41.2. The number of hydrogen-bond acceptors (Lipinski definition) is 5. The van der Waals surface area contributed by atoms with Crippen LogP contribution in [0.25, 0.3) is 10.9 Å². The van der Waals surface area contributed by atoms with Gasteiger partial charge in [0.1, 0.15) is 11.6 Å². The summed E-state index contributed by atoms with van der Waals surface area (Å²) in [5, 5.41) is 6.69. The van der Waals surface area contributed by atoms with E-state index >= 15 is 0 Å². The number of esters is 1. The number of ether oxygens (including phenoxy) is 2. The van der Waals surface area contributed by atoms with E-state index in [2.05, 4.69) is 20.4 Å². The highest BCUT2D eigenvalue weighted by atomic mass is 16.6. The van der Waals surface area contributed by atoms with Crippen LogP contribution in [0.4, 0.5) is 4.79 Å². The van der Waals surface area contributed by atoms with Gasteiger partial charge in [-0.25, -0.2) is 4.79 Å². The zero-order valence-electron chi connectivity index (χ0n) is 20.5. The molecule has 4 aliphatic rings. The van der Waals surface area contributed by atoms with E-state index in [1.54, 1.807) is 6.92 Å². The first-order valence-corrected chi connectivity index (χ1v) is 12.7. The van der Waals surface area contributed by atoms with Gasteiger partial charge >= 0.3 is 12.1 Å². The van der Waals surface area contributed by atoms with Crippen molar-refractivity contribution in [1.82, 2.24) is 15.6 Å². The molecule has 2 aromatic rings. The van der Waals surface area contributed by atoms with Crippen molar-refractivity contribution in [3.05, 3.63) is 36.0 Å². The molecule has 4 saturated carbocycles. The number of hydrogen-bond donors (Lipinski definition) is 3. The molecule has 0 aliphatic heterocycles. The average molecular weight is 482 g/mol. The number of amides is 2. The lowest BCUT2D eigenvalue weighted by Gasteiger charge is -2.53. The van der Waals surface area contributed by atoms with Crippen LogP contribution in [0.3, 0.4) is 0 Å². The summed E-state index contributed by atoms with van der Waals surface area (Å²) in [5.74, 6) is 1.67. The normalized spacial score (nSPS) is 28.3. The van der Waals surface area contributed by atoms with E-state index in [9.17, 15) is 14.4 Å². The maximum absolute atomic E-state index is 13.3. The number of carbonyl (C=O) groups is 3. The summed E-state index contributed by atoms with van der Waals surface area (Å²) in [6.07, 6.45) is 7.50. The molecule has 2 amide bonds. The lowest BCUT2D eigenvalue weighted by Crippen LogP contribution is -2.60.